The lowest BCUT2D eigenvalue weighted by atomic mass is 9.97. The first-order valence-corrected chi connectivity index (χ1v) is 10.4. The fourth-order valence-corrected chi connectivity index (χ4v) is 3.82. The second kappa shape index (κ2) is 9.28. The number of nitrogens with one attached hydrogen (secondary N) is 1. The van der Waals surface area contributed by atoms with Gasteiger partial charge in [-0.3, -0.25) is 14.5 Å². The highest BCUT2D eigenvalue weighted by atomic mass is 35.5. The Balaban J connectivity index is 1.35. The normalized spacial score (nSPS) is 16.7. The Morgan fingerprint density at radius 1 is 1.23 bits per heavy atom. The zero-order valence-corrected chi connectivity index (χ0v) is 17.5. The number of amides is 2. The second-order valence-electron chi connectivity index (χ2n) is 7.53. The Morgan fingerprint density at radius 3 is 2.77 bits per heavy atom. The minimum absolute atomic E-state index is 0.0540. The molecule has 0 spiro atoms. The molecule has 31 heavy (non-hydrogen) atoms. The number of anilines is 1. The molecule has 0 radical (unpaired) electrons. The van der Waals surface area contributed by atoms with Crippen molar-refractivity contribution in [3.05, 3.63) is 65.0 Å². The summed E-state index contributed by atoms with van der Waals surface area (Å²) in [6, 6.07) is 13.8. The van der Waals surface area contributed by atoms with Crippen molar-refractivity contribution in [1.29, 1.82) is 0 Å². The first-order chi connectivity index (χ1) is 15.0. The highest BCUT2D eigenvalue weighted by Gasteiger charge is 2.27. The van der Waals surface area contributed by atoms with Gasteiger partial charge in [0.05, 0.1) is 12.5 Å². The van der Waals surface area contributed by atoms with Gasteiger partial charge in [0.25, 0.3) is 0 Å². The molecule has 9 heteroatoms. The van der Waals surface area contributed by atoms with Crippen molar-refractivity contribution >= 4 is 29.1 Å². The molecule has 1 aliphatic rings. The first-order valence-electron chi connectivity index (χ1n) is 9.99. The van der Waals surface area contributed by atoms with Gasteiger partial charge in [-0.2, -0.15) is 4.98 Å². The molecule has 8 nitrogen and oxygen atoms in total. The maximum atomic E-state index is 12.7. The zero-order chi connectivity index (χ0) is 21.8. The number of aromatic nitrogens is 2. The summed E-state index contributed by atoms with van der Waals surface area (Å²) in [5, 5.41) is 7.56. The molecule has 3 N–H and O–H groups in total. The van der Waals surface area contributed by atoms with Crippen molar-refractivity contribution in [2.24, 2.45) is 11.7 Å². The number of carbonyl (C=O) groups is 2. The maximum Gasteiger partial charge on any atom is 0.248 e. The van der Waals surface area contributed by atoms with Crippen LogP contribution in [-0.4, -0.2) is 39.9 Å². The summed E-state index contributed by atoms with van der Waals surface area (Å²) in [6.45, 7) is 1.93. The van der Waals surface area contributed by atoms with Crippen LogP contribution >= 0.6 is 11.6 Å². The van der Waals surface area contributed by atoms with Gasteiger partial charge >= 0.3 is 0 Å². The average molecular weight is 440 g/mol. The van der Waals surface area contributed by atoms with Crippen molar-refractivity contribution in [2.45, 2.75) is 19.4 Å². The maximum absolute atomic E-state index is 12.7. The molecule has 0 bridgehead atoms. The largest absolute Gasteiger partial charge is 0.366 e. The molecule has 1 aromatic heterocycles. The fourth-order valence-electron chi connectivity index (χ4n) is 3.63. The van der Waals surface area contributed by atoms with E-state index in [1.165, 1.54) is 0 Å². The van der Waals surface area contributed by atoms with Crippen LogP contribution in [0.5, 0.6) is 0 Å². The van der Waals surface area contributed by atoms with Crippen molar-refractivity contribution in [1.82, 2.24) is 15.0 Å². The third kappa shape index (κ3) is 5.28. The molecular weight excluding hydrogens is 418 g/mol. The van der Waals surface area contributed by atoms with Crippen LogP contribution in [0.1, 0.15) is 29.1 Å². The van der Waals surface area contributed by atoms with Gasteiger partial charge in [0.2, 0.25) is 23.5 Å². The van der Waals surface area contributed by atoms with Gasteiger partial charge in [0, 0.05) is 28.4 Å². The Hall–Kier alpha value is -3.23. The quantitative estimate of drug-likeness (QED) is 0.608. The summed E-state index contributed by atoms with van der Waals surface area (Å²) in [5.74, 6) is 0.281. The van der Waals surface area contributed by atoms with E-state index < -0.39 is 5.91 Å². The van der Waals surface area contributed by atoms with E-state index in [-0.39, 0.29) is 11.8 Å². The number of benzene rings is 2. The van der Waals surface area contributed by atoms with Crippen LogP contribution in [-0.2, 0) is 11.3 Å². The van der Waals surface area contributed by atoms with E-state index in [0.29, 0.717) is 41.1 Å². The summed E-state index contributed by atoms with van der Waals surface area (Å²) < 4.78 is 5.40. The van der Waals surface area contributed by atoms with Crippen LogP contribution in [0.2, 0.25) is 5.02 Å². The van der Waals surface area contributed by atoms with Gasteiger partial charge in [-0.25, -0.2) is 0 Å². The van der Waals surface area contributed by atoms with Crippen LogP contribution < -0.4 is 11.1 Å². The van der Waals surface area contributed by atoms with Crippen LogP contribution in [0, 0.1) is 5.92 Å². The van der Waals surface area contributed by atoms with Gasteiger partial charge < -0.3 is 15.6 Å². The Labute approximate surface area is 184 Å². The number of nitrogens with two attached hydrogens (primary N) is 1. The first kappa shape index (κ1) is 21.0. The molecule has 0 aliphatic carbocycles. The molecule has 3 aromatic rings. The van der Waals surface area contributed by atoms with E-state index in [2.05, 4.69) is 20.4 Å². The summed E-state index contributed by atoms with van der Waals surface area (Å²) in [6.07, 6.45) is 1.70. The Kier molecular flexibility index (Phi) is 6.29. The minimum Gasteiger partial charge on any atom is -0.366 e. The number of hydrogen-bond acceptors (Lipinski definition) is 6. The molecule has 1 fully saturated rings. The van der Waals surface area contributed by atoms with Crippen molar-refractivity contribution in [3.63, 3.8) is 0 Å². The summed E-state index contributed by atoms with van der Waals surface area (Å²) in [7, 11) is 0. The summed E-state index contributed by atoms with van der Waals surface area (Å²) in [4.78, 5) is 30.5. The lowest BCUT2D eigenvalue weighted by Crippen LogP contribution is -2.40. The molecule has 160 valence electrons. The standard InChI is InChI=1S/C22H22ClN5O3/c23-17-5-1-3-15(11-17)21-26-19(31-27-21)13-28-10-2-4-16(12-28)22(30)25-18-8-6-14(7-9-18)20(24)29/h1,3,5-9,11,16H,2,4,10,12-13H2,(H2,24,29)(H,25,30). The van der Waals surface area contributed by atoms with Crippen LogP contribution in [0.4, 0.5) is 5.69 Å². The molecule has 1 saturated heterocycles. The molecule has 1 atom stereocenters. The molecule has 2 amide bonds. The van der Waals surface area contributed by atoms with Crippen molar-refractivity contribution in [2.75, 3.05) is 18.4 Å². The number of piperidine rings is 1. The van der Waals surface area contributed by atoms with Crippen LogP contribution in [0.25, 0.3) is 11.4 Å². The number of nitrogens with zero attached hydrogens (tertiary/aromatic N) is 3. The van der Waals surface area contributed by atoms with E-state index in [1.54, 1.807) is 36.4 Å². The number of carbonyl (C=O) groups excluding carboxylic acids is 2. The van der Waals surface area contributed by atoms with E-state index >= 15 is 0 Å². The second-order valence-corrected chi connectivity index (χ2v) is 7.96. The van der Waals surface area contributed by atoms with E-state index in [1.807, 2.05) is 12.1 Å². The lowest BCUT2D eigenvalue weighted by Gasteiger charge is -2.30. The number of likely N-dealkylation sites (tertiary alicyclic amines) is 1. The zero-order valence-electron chi connectivity index (χ0n) is 16.8. The molecule has 2 aromatic carbocycles. The topological polar surface area (TPSA) is 114 Å². The summed E-state index contributed by atoms with van der Waals surface area (Å²) in [5.41, 5.74) is 7.08. The van der Waals surface area contributed by atoms with Crippen LogP contribution in [0.15, 0.2) is 53.1 Å². The predicted octanol–water partition coefficient (Wildman–Crippen LogP) is 3.34. The molecule has 1 aliphatic heterocycles. The predicted molar refractivity (Wildman–Crippen MR) is 116 cm³/mol. The van der Waals surface area contributed by atoms with E-state index in [0.717, 1.165) is 24.9 Å². The Bertz CT molecular complexity index is 1080. The minimum atomic E-state index is -0.500. The van der Waals surface area contributed by atoms with Gasteiger partial charge in [0.15, 0.2) is 0 Å². The fraction of sp³-hybridized carbons (Fsp3) is 0.273. The molecule has 0 saturated carbocycles. The smallest absolute Gasteiger partial charge is 0.248 e. The van der Waals surface area contributed by atoms with Crippen LogP contribution in [0.3, 0.4) is 0 Å². The van der Waals surface area contributed by atoms with Crippen molar-refractivity contribution in [3.8, 4) is 11.4 Å². The number of primary amides is 1. The molecular formula is C22H22ClN5O3. The Morgan fingerprint density at radius 2 is 2.03 bits per heavy atom. The summed E-state index contributed by atoms with van der Waals surface area (Å²) >= 11 is 6.03. The van der Waals surface area contributed by atoms with Gasteiger partial charge in [0.1, 0.15) is 0 Å². The third-order valence-corrected chi connectivity index (χ3v) is 5.46. The third-order valence-electron chi connectivity index (χ3n) is 5.22. The molecule has 2 heterocycles. The monoisotopic (exact) mass is 439 g/mol. The SMILES string of the molecule is NC(=O)c1ccc(NC(=O)C2CCCN(Cc3nc(-c4cccc(Cl)c4)no3)C2)cc1. The van der Waals surface area contributed by atoms with E-state index in [4.69, 9.17) is 21.9 Å². The van der Waals surface area contributed by atoms with Gasteiger partial charge in [-0.15, -0.1) is 0 Å². The van der Waals surface area contributed by atoms with Gasteiger partial charge in [-0.1, -0.05) is 28.9 Å². The highest BCUT2D eigenvalue weighted by Crippen LogP contribution is 2.23. The average Bonchev–Trinajstić information content (AvgIpc) is 3.23. The molecule has 1 unspecified atom stereocenters. The highest BCUT2D eigenvalue weighted by molar-refractivity contribution is 6.30. The van der Waals surface area contributed by atoms with Gasteiger partial charge in [-0.05, 0) is 55.8 Å². The van der Waals surface area contributed by atoms with E-state index in [9.17, 15) is 9.59 Å². The number of halogens is 1. The number of hydrogen-bond donors (Lipinski definition) is 2. The van der Waals surface area contributed by atoms with Crippen molar-refractivity contribution < 1.29 is 14.1 Å². The lowest BCUT2D eigenvalue weighted by molar-refractivity contribution is -0.121. The number of rotatable bonds is 6. The molecule has 4 rings (SSSR count).